The molecule has 0 aromatic heterocycles. The van der Waals surface area contributed by atoms with Crippen LogP contribution in [0.15, 0.2) is 0 Å². The number of nitrogens with zero attached hydrogens (tertiary/aromatic N) is 2. The molecule has 14 heavy (non-hydrogen) atoms. The summed E-state index contributed by atoms with van der Waals surface area (Å²) in [5.74, 6) is 0. The first kappa shape index (κ1) is 13.1. The lowest BCUT2D eigenvalue weighted by Gasteiger charge is -2.15. The normalized spacial score (nSPS) is 10.1. The van der Waals surface area contributed by atoms with Gasteiger partial charge in [-0.1, -0.05) is 0 Å². The highest BCUT2D eigenvalue weighted by Gasteiger charge is 2.18. The van der Waals surface area contributed by atoms with Gasteiger partial charge in [0.15, 0.2) is 0 Å². The third-order valence-electron chi connectivity index (χ3n) is 2.15. The van der Waals surface area contributed by atoms with Gasteiger partial charge in [0, 0.05) is 12.8 Å². The van der Waals surface area contributed by atoms with Gasteiger partial charge in [0.2, 0.25) is 0 Å². The van der Waals surface area contributed by atoms with Crippen molar-refractivity contribution in [3.05, 3.63) is 0 Å². The van der Waals surface area contributed by atoms with Gasteiger partial charge < -0.3 is 9.59 Å². The van der Waals surface area contributed by atoms with E-state index in [0.717, 1.165) is 12.8 Å². The number of hydrogen-bond acceptors (Lipinski definition) is 4. The van der Waals surface area contributed by atoms with E-state index in [0.29, 0.717) is 25.7 Å². The van der Waals surface area contributed by atoms with E-state index in [2.05, 4.69) is 0 Å². The highest BCUT2D eigenvalue weighted by Crippen LogP contribution is 2.22. The molecule has 5 heteroatoms. The SMILES string of the molecule is N#CCCCC(CCCC#N)[SiH](O)O. The lowest BCUT2D eigenvalue weighted by atomic mass is 10.1. The summed E-state index contributed by atoms with van der Waals surface area (Å²) in [4.78, 5) is 18.3. The van der Waals surface area contributed by atoms with E-state index < -0.39 is 9.28 Å². The molecular formula is C9H16N2O2Si. The monoisotopic (exact) mass is 212 g/mol. The van der Waals surface area contributed by atoms with Gasteiger partial charge in [-0.2, -0.15) is 10.5 Å². The molecule has 2 N–H and O–H groups in total. The molecule has 0 aromatic rings. The Balaban J connectivity index is 3.68. The topological polar surface area (TPSA) is 88.0 Å². The molecule has 0 atom stereocenters. The summed E-state index contributed by atoms with van der Waals surface area (Å²) in [5, 5.41) is 16.7. The van der Waals surface area contributed by atoms with Gasteiger partial charge in [-0.05, 0) is 31.2 Å². The van der Waals surface area contributed by atoms with Gasteiger partial charge in [0.05, 0.1) is 12.1 Å². The first-order valence-electron chi connectivity index (χ1n) is 4.82. The number of nitriles is 2. The smallest absolute Gasteiger partial charge is 0.319 e. The molecule has 0 aliphatic carbocycles. The Hall–Kier alpha value is -0.883. The number of hydrogen-bond donors (Lipinski definition) is 2. The summed E-state index contributed by atoms with van der Waals surface area (Å²) in [6.45, 7) is 0. The molecular weight excluding hydrogens is 196 g/mol. The molecule has 0 unspecified atom stereocenters. The molecule has 0 saturated carbocycles. The zero-order chi connectivity index (χ0) is 10.8. The molecule has 0 aliphatic rings. The van der Waals surface area contributed by atoms with E-state index in [4.69, 9.17) is 20.1 Å². The minimum atomic E-state index is -2.59. The summed E-state index contributed by atoms with van der Waals surface area (Å²) in [6, 6.07) is 4.06. The maximum Gasteiger partial charge on any atom is 0.319 e. The molecule has 78 valence electrons. The molecule has 0 radical (unpaired) electrons. The van der Waals surface area contributed by atoms with Crippen molar-refractivity contribution in [1.82, 2.24) is 0 Å². The van der Waals surface area contributed by atoms with Crippen LogP contribution in [0.4, 0.5) is 0 Å². The second kappa shape index (κ2) is 8.70. The molecule has 0 rings (SSSR count). The Bertz CT molecular complexity index is 200. The molecule has 0 heterocycles. The average molecular weight is 212 g/mol. The van der Waals surface area contributed by atoms with Crippen molar-refractivity contribution in [2.45, 2.75) is 44.1 Å². The Kier molecular flexibility index (Phi) is 8.15. The molecule has 0 spiro atoms. The molecule has 0 bridgehead atoms. The highest BCUT2D eigenvalue weighted by molar-refractivity contribution is 6.43. The van der Waals surface area contributed by atoms with Gasteiger partial charge >= 0.3 is 9.28 Å². The minimum Gasteiger partial charge on any atom is -0.413 e. The maximum absolute atomic E-state index is 9.14. The molecule has 0 saturated heterocycles. The van der Waals surface area contributed by atoms with Crippen LogP contribution in [0, 0.1) is 22.7 Å². The van der Waals surface area contributed by atoms with Gasteiger partial charge in [0.1, 0.15) is 0 Å². The zero-order valence-electron chi connectivity index (χ0n) is 8.19. The molecule has 0 aromatic carbocycles. The van der Waals surface area contributed by atoms with E-state index in [-0.39, 0.29) is 5.54 Å². The molecule has 0 amide bonds. The quantitative estimate of drug-likeness (QED) is 0.486. The average Bonchev–Trinajstić information content (AvgIpc) is 2.15. The van der Waals surface area contributed by atoms with Crippen LogP contribution in [-0.4, -0.2) is 18.9 Å². The number of rotatable bonds is 7. The largest absolute Gasteiger partial charge is 0.413 e. The zero-order valence-corrected chi connectivity index (χ0v) is 9.34. The van der Waals surface area contributed by atoms with Crippen molar-refractivity contribution in [3.8, 4) is 12.1 Å². The molecule has 0 fully saturated rings. The van der Waals surface area contributed by atoms with Gasteiger partial charge in [-0.25, -0.2) is 0 Å². The van der Waals surface area contributed by atoms with Crippen LogP contribution in [0.2, 0.25) is 5.54 Å². The second-order valence-electron chi connectivity index (χ2n) is 3.27. The molecule has 4 nitrogen and oxygen atoms in total. The third kappa shape index (κ3) is 6.61. The predicted molar refractivity (Wildman–Crippen MR) is 54.3 cm³/mol. The van der Waals surface area contributed by atoms with Crippen molar-refractivity contribution >= 4 is 9.28 Å². The fraction of sp³-hybridized carbons (Fsp3) is 0.778. The van der Waals surface area contributed by atoms with Crippen LogP contribution in [0.3, 0.4) is 0 Å². The molecule has 0 aliphatic heterocycles. The van der Waals surface area contributed by atoms with Gasteiger partial charge in [0.25, 0.3) is 0 Å². The van der Waals surface area contributed by atoms with Crippen molar-refractivity contribution in [2.75, 3.05) is 0 Å². The Morgan fingerprint density at radius 1 is 1.00 bits per heavy atom. The summed E-state index contributed by atoms with van der Waals surface area (Å²) >= 11 is 0. The standard InChI is InChI=1S/C9H16N2O2Si/c10-7-3-1-5-9(14(12)13)6-2-4-8-11/h9,12-14H,1-6H2. The Labute approximate surface area is 86.3 Å². The highest BCUT2D eigenvalue weighted by atomic mass is 28.3. The lowest BCUT2D eigenvalue weighted by Crippen LogP contribution is -2.20. The fourth-order valence-electron chi connectivity index (χ4n) is 1.33. The second-order valence-corrected chi connectivity index (χ2v) is 5.04. The third-order valence-corrected chi connectivity index (χ3v) is 3.66. The summed E-state index contributed by atoms with van der Waals surface area (Å²) in [7, 11) is -2.59. The van der Waals surface area contributed by atoms with Gasteiger partial charge in [-0.15, -0.1) is 0 Å². The lowest BCUT2D eigenvalue weighted by molar-refractivity contribution is 0.369. The van der Waals surface area contributed by atoms with Crippen LogP contribution in [0.5, 0.6) is 0 Å². The Morgan fingerprint density at radius 3 is 1.71 bits per heavy atom. The van der Waals surface area contributed by atoms with Crippen LogP contribution in [-0.2, 0) is 0 Å². The van der Waals surface area contributed by atoms with Crippen molar-refractivity contribution in [2.24, 2.45) is 0 Å². The summed E-state index contributed by atoms with van der Waals surface area (Å²) in [6.07, 6.45) is 3.77. The van der Waals surface area contributed by atoms with Crippen molar-refractivity contribution in [1.29, 1.82) is 10.5 Å². The van der Waals surface area contributed by atoms with Gasteiger partial charge in [-0.3, -0.25) is 0 Å². The van der Waals surface area contributed by atoms with Crippen LogP contribution in [0.1, 0.15) is 38.5 Å². The number of unbranched alkanes of at least 4 members (excludes halogenated alkanes) is 2. The van der Waals surface area contributed by atoms with Crippen molar-refractivity contribution in [3.63, 3.8) is 0 Å². The van der Waals surface area contributed by atoms with E-state index in [9.17, 15) is 0 Å². The maximum atomic E-state index is 9.14. The van der Waals surface area contributed by atoms with E-state index in [1.807, 2.05) is 12.1 Å². The van der Waals surface area contributed by atoms with E-state index in [1.165, 1.54) is 0 Å². The first-order chi connectivity index (χ1) is 6.72. The predicted octanol–water partition coefficient (Wildman–Crippen LogP) is 0.949. The minimum absolute atomic E-state index is 0.0586. The van der Waals surface area contributed by atoms with Crippen LogP contribution >= 0.6 is 0 Å². The summed E-state index contributed by atoms with van der Waals surface area (Å²) < 4.78 is 0. The van der Waals surface area contributed by atoms with Crippen molar-refractivity contribution < 1.29 is 9.59 Å². The van der Waals surface area contributed by atoms with Crippen LogP contribution < -0.4 is 0 Å². The Morgan fingerprint density at radius 2 is 1.43 bits per heavy atom. The summed E-state index contributed by atoms with van der Waals surface area (Å²) in [5.41, 5.74) is -0.0586. The van der Waals surface area contributed by atoms with E-state index in [1.54, 1.807) is 0 Å². The first-order valence-corrected chi connectivity index (χ1v) is 6.52. The van der Waals surface area contributed by atoms with Crippen LogP contribution in [0.25, 0.3) is 0 Å². The fourth-order valence-corrected chi connectivity index (χ4v) is 2.40. The van der Waals surface area contributed by atoms with E-state index >= 15 is 0 Å².